The lowest BCUT2D eigenvalue weighted by Gasteiger charge is -2.20. The van der Waals surface area contributed by atoms with Crippen LogP contribution < -0.4 is 14.8 Å². The molecule has 0 radical (unpaired) electrons. The van der Waals surface area contributed by atoms with Gasteiger partial charge in [0.25, 0.3) is 0 Å². The number of aryl methyl sites for hydroxylation is 1. The Hall–Kier alpha value is -2.98. The smallest absolute Gasteiger partial charge is 0.134 e. The molecule has 3 aromatic rings. The SMILES string of the molecule is COc1ccc(C2=NC(c3ccc(Cl)cc3)C(c3ccc(C)cc3)N2)c(OC(C)C)c1. The number of benzene rings is 3. The van der Waals surface area contributed by atoms with E-state index < -0.39 is 0 Å². The number of methoxy groups -OCH3 is 1. The van der Waals surface area contributed by atoms with Gasteiger partial charge in [-0.05, 0) is 56.2 Å². The summed E-state index contributed by atoms with van der Waals surface area (Å²) in [4.78, 5) is 5.10. The molecule has 0 aromatic heterocycles. The summed E-state index contributed by atoms with van der Waals surface area (Å²) >= 11 is 6.13. The lowest BCUT2D eigenvalue weighted by Crippen LogP contribution is -2.26. The van der Waals surface area contributed by atoms with Crippen molar-refractivity contribution < 1.29 is 9.47 Å². The van der Waals surface area contributed by atoms with Gasteiger partial charge in [0, 0.05) is 11.1 Å². The fourth-order valence-electron chi connectivity index (χ4n) is 3.77. The Labute approximate surface area is 188 Å². The number of hydrogen-bond acceptors (Lipinski definition) is 4. The molecular weight excluding hydrogens is 408 g/mol. The summed E-state index contributed by atoms with van der Waals surface area (Å²) in [5.41, 5.74) is 4.44. The van der Waals surface area contributed by atoms with E-state index in [1.54, 1.807) is 7.11 Å². The second kappa shape index (κ2) is 9.03. The number of nitrogens with one attached hydrogen (secondary N) is 1. The van der Waals surface area contributed by atoms with E-state index in [0.29, 0.717) is 5.02 Å². The summed E-state index contributed by atoms with van der Waals surface area (Å²) in [6.07, 6.45) is 0.0350. The van der Waals surface area contributed by atoms with Gasteiger partial charge in [-0.3, -0.25) is 4.99 Å². The lowest BCUT2D eigenvalue weighted by atomic mass is 9.94. The Balaban J connectivity index is 1.77. The zero-order valence-electron chi connectivity index (χ0n) is 18.2. The number of ether oxygens (including phenoxy) is 2. The molecule has 0 fully saturated rings. The number of aliphatic imine (C=N–C) groups is 1. The highest BCUT2D eigenvalue weighted by atomic mass is 35.5. The van der Waals surface area contributed by atoms with Gasteiger partial charge in [0.2, 0.25) is 0 Å². The van der Waals surface area contributed by atoms with E-state index in [2.05, 4.69) is 36.5 Å². The largest absolute Gasteiger partial charge is 0.497 e. The molecule has 4 nitrogen and oxygen atoms in total. The molecule has 4 rings (SSSR count). The predicted octanol–water partition coefficient (Wildman–Crippen LogP) is 6.28. The highest BCUT2D eigenvalue weighted by molar-refractivity contribution is 6.30. The molecular formula is C26H27ClN2O2. The van der Waals surface area contributed by atoms with Crippen LogP contribution in [0.4, 0.5) is 0 Å². The summed E-state index contributed by atoms with van der Waals surface area (Å²) in [6, 6.07) is 22.3. The second-order valence-corrected chi connectivity index (χ2v) is 8.47. The average Bonchev–Trinajstić information content (AvgIpc) is 3.19. The first-order valence-electron chi connectivity index (χ1n) is 10.5. The quantitative estimate of drug-likeness (QED) is 0.496. The van der Waals surface area contributed by atoms with Gasteiger partial charge in [-0.25, -0.2) is 0 Å². The minimum Gasteiger partial charge on any atom is -0.497 e. The molecule has 31 heavy (non-hydrogen) atoms. The fraction of sp³-hybridized carbons (Fsp3) is 0.269. The summed E-state index contributed by atoms with van der Waals surface area (Å²) in [5.74, 6) is 2.31. The maximum atomic E-state index is 6.13. The zero-order chi connectivity index (χ0) is 22.0. The molecule has 0 saturated heterocycles. The third-order valence-electron chi connectivity index (χ3n) is 5.33. The average molecular weight is 435 g/mol. The molecule has 2 unspecified atom stereocenters. The van der Waals surface area contributed by atoms with Crippen LogP contribution in [0.1, 0.15) is 48.2 Å². The van der Waals surface area contributed by atoms with E-state index in [-0.39, 0.29) is 18.2 Å². The Morgan fingerprint density at radius 2 is 1.61 bits per heavy atom. The third-order valence-corrected chi connectivity index (χ3v) is 5.58. The molecule has 0 aliphatic carbocycles. The van der Waals surface area contributed by atoms with E-state index in [1.807, 2.05) is 56.3 Å². The molecule has 2 atom stereocenters. The number of hydrogen-bond donors (Lipinski definition) is 1. The third kappa shape index (κ3) is 4.70. The Morgan fingerprint density at radius 1 is 0.935 bits per heavy atom. The Morgan fingerprint density at radius 3 is 2.26 bits per heavy atom. The molecule has 1 aliphatic rings. The number of halogens is 1. The number of rotatable bonds is 6. The first-order chi connectivity index (χ1) is 14.9. The minimum atomic E-state index is -0.0797. The summed E-state index contributed by atoms with van der Waals surface area (Å²) in [5, 5.41) is 4.37. The van der Waals surface area contributed by atoms with Crippen LogP contribution in [0.5, 0.6) is 11.5 Å². The van der Waals surface area contributed by atoms with Gasteiger partial charge < -0.3 is 14.8 Å². The fourth-order valence-corrected chi connectivity index (χ4v) is 3.89. The molecule has 1 heterocycles. The van der Waals surface area contributed by atoms with Crippen molar-refractivity contribution in [3.05, 3.63) is 94.0 Å². The van der Waals surface area contributed by atoms with Crippen molar-refractivity contribution >= 4 is 17.4 Å². The normalized spacial score (nSPS) is 17.9. The van der Waals surface area contributed by atoms with Gasteiger partial charge in [0.05, 0.1) is 24.8 Å². The lowest BCUT2D eigenvalue weighted by molar-refractivity contribution is 0.240. The van der Waals surface area contributed by atoms with E-state index in [4.69, 9.17) is 26.1 Å². The summed E-state index contributed by atoms with van der Waals surface area (Å²) in [7, 11) is 1.66. The van der Waals surface area contributed by atoms with Gasteiger partial charge in [0.15, 0.2) is 0 Å². The topological polar surface area (TPSA) is 42.8 Å². The van der Waals surface area contributed by atoms with Crippen LogP contribution in [0, 0.1) is 6.92 Å². The van der Waals surface area contributed by atoms with Gasteiger partial charge in [-0.15, -0.1) is 0 Å². The van der Waals surface area contributed by atoms with E-state index in [1.165, 1.54) is 11.1 Å². The van der Waals surface area contributed by atoms with Gasteiger partial charge >= 0.3 is 0 Å². The van der Waals surface area contributed by atoms with Crippen LogP contribution >= 0.6 is 11.6 Å². The zero-order valence-corrected chi connectivity index (χ0v) is 19.0. The molecule has 1 aliphatic heterocycles. The van der Waals surface area contributed by atoms with Crippen LogP contribution in [0.3, 0.4) is 0 Å². The van der Waals surface area contributed by atoms with E-state index in [0.717, 1.165) is 28.5 Å². The molecule has 0 amide bonds. The van der Waals surface area contributed by atoms with Crippen molar-refractivity contribution in [1.29, 1.82) is 0 Å². The van der Waals surface area contributed by atoms with Crippen LogP contribution in [0.25, 0.3) is 0 Å². The summed E-state index contributed by atoms with van der Waals surface area (Å²) in [6.45, 7) is 6.12. The Kier molecular flexibility index (Phi) is 6.19. The molecule has 160 valence electrons. The number of amidine groups is 1. The van der Waals surface area contributed by atoms with Crippen molar-refractivity contribution in [3.63, 3.8) is 0 Å². The van der Waals surface area contributed by atoms with Crippen molar-refractivity contribution in [2.24, 2.45) is 4.99 Å². The van der Waals surface area contributed by atoms with Crippen molar-refractivity contribution in [1.82, 2.24) is 5.32 Å². The van der Waals surface area contributed by atoms with E-state index >= 15 is 0 Å². The molecule has 1 N–H and O–H groups in total. The highest BCUT2D eigenvalue weighted by Crippen LogP contribution is 2.39. The van der Waals surface area contributed by atoms with Crippen LogP contribution in [0.15, 0.2) is 71.7 Å². The maximum absolute atomic E-state index is 6.13. The first kappa shape index (κ1) is 21.3. The molecule has 0 saturated carbocycles. The standard InChI is InChI=1S/C26H27ClN2O2/c1-16(2)31-23-15-21(30-4)13-14-22(23)26-28-24(18-7-5-17(3)6-8-18)25(29-26)19-9-11-20(27)12-10-19/h5-16,24-25H,1-4H3,(H,28,29). The van der Waals surface area contributed by atoms with Crippen molar-refractivity contribution in [2.75, 3.05) is 7.11 Å². The molecule has 0 spiro atoms. The maximum Gasteiger partial charge on any atom is 0.134 e. The van der Waals surface area contributed by atoms with Crippen molar-refractivity contribution in [3.8, 4) is 11.5 Å². The molecule has 5 heteroatoms. The monoisotopic (exact) mass is 434 g/mol. The predicted molar refractivity (Wildman–Crippen MR) is 127 cm³/mol. The van der Waals surface area contributed by atoms with Gasteiger partial charge in [0.1, 0.15) is 23.4 Å². The molecule has 0 bridgehead atoms. The van der Waals surface area contributed by atoms with Gasteiger partial charge in [-0.1, -0.05) is 53.6 Å². The highest BCUT2D eigenvalue weighted by Gasteiger charge is 2.33. The van der Waals surface area contributed by atoms with Crippen LogP contribution in [0.2, 0.25) is 5.02 Å². The number of nitrogens with zero attached hydrogens (tertiary/aromatic N) is 1. The van der Waals surface area contributed by atoms with Gasteiger partial charge in [-0.2, -0.15) is 0 Å². The van der Waals surface area contributed by atoms with E-state index in [9.17, 15) is 0 Å². The minimum absolute atomic E-state index is 0.00535. The van der Waals surface area contributed by atoms with Crippen LogP contribution in [-0.4, -0.2) is 19.0 Å². The van der Waals surface area contributed by atoms with Crippen LogP contribution in [-0.2, 0) is 0 Å². The molecule has 3 aromatic carbocycles. The second-order valence-electron chi connectivity index (χ2n) is 8.04. The van der Waals surface area contributed by atoms with Crippen molar-refractivity contribution in [2.45, 2.75) is 39.0 Å². The Bertz CT molecular complexity index is 1080. The first-order valence-corrected chi connectivity index (χ1v) is 10.8. The summed E-state index contributed by atoms with van der Waals surface area (Å²) < 4.78 is 11.5.